The molecule has 2 aromatic carbocycles. The SMILES string of the molecule is Cc1ccccc1N(CC(=O)NCc1ccccn1)S(=O)(=O)c1ccc(Cl)cc1. The molecule has 0 unspecified atom stereocenters. The fourth-order valence-corrected chi connectivity index (χ4v) is 4.37. The average molecular weight is 430 g/mol. The second-order valence-electron chi connectivity index (χ2n) is 6.35. The molecule has 1 amide bonds. The molecule has 150 valence electrons. The number of pyridine rings is 1. The number of nitrogens with one attached hydrogen (secondary N) is 1. The number of carbonyl (C=O) groups excluding carboxylic acids is 1. The first-order valence-electron chi connectivity index (χ1n) is 8.88. The van der Waals surface area contributed by atoms with Crippen LogP contribution in [0.4, 0.5) is 5.69 Å². The van der Waals surface area contributed by atoms with Gasteiger partial charge in [-0.25, -0.2) is 8.42 Å². The second kappa shape index (κ2) is 9.07. The standard InChI is InChI=1S/C21H20ClN3O3S/c1-16-6-2-3-8-20(16)25(29(27,28)19-11-9-17(22)10-12-19)15-21(26)24-14-18-7-4-5-13-23-18/h2-13H,14-15H2,1H3,(H,24,26). The summed E-state index contributed by atoms with van der Waals surface area (Å²) in [5.74, 6) is -0.434. The van der Waals surface area contributed by atoms with Crippen molar-refractivity contribution in [2.24, 2.45) is 0 Å². The van der Waals surface area contributed by atoms with Crippen molar-refractivity contribution in [1.29, 1.82) is 0 Å². The Balaban J connectivity index is 1.88. The van der Waals surface area contributed by atoms with Crippen LogP contribution in [0.1, 0.15) is 11.3 Å². The number of carbonyl (C=O) groups is 1. The summed E-state index contributed by atoms with van der Waals surface area (Å²) in [6, 6.07) is 18.3. The number of aryl methyl sites for hydroxylation is 1. The maximum Gasteiger partial charge on any atom is 0.264 e. The molecule has 29 heavy (non-hydrogen) atoms. The summed E-state index contributed by atoms with van der Waals surface area (Å²) >= 11 is 5.89. The highest BCUT2D eigenvalue weighted by atomic mass is 35.5. The van der Waals surface area contributed by atoms with Gasteiger partial charge < -0.3 is 5.32 Å². The molecule has 3 aromatic rings. The van der Waals surface area contributed by atoms with E-state index in [-0.39, 0.29) is 18.0 Å². The number of anilines is 1. The lowest BCUT2D eigenvalue weighted by Gasteiger charge is -2.25. The maximum atomic E-state index is 13.3. The Bertz CT molecular complexity index is 1090. The van der Waals surface area contributed by atoms with Gasteiger partial charge in [0.25, 0.3) is 10.0 Å². The molecule has 0 spiro atoms. The summed E-state index contributed by atoms with van der Waals surface area (Å²) in [6.07, 6.45) is 1.63. The van der Waals surface area contributed by atoms with E-state index in [9.17, 15) is 13.2 Å². The van der Waals surface area contributed by atoms with Crippen molar-refractivity contribution in [2.75, 3.05) is 10.8 Å². The van der Waals surface area contributed by atoms with Gasteiger partial charge in [-0.1, -0.05) is 35.9 Å². The van der Waals surface area contributed by atoms with Crippen molar-refractivity contribution in [3.8, 4) is 0 Å². The molecule has 0 bridgehead atoms. The number of aromatic nitrogens is 1. The van der Waals surface area contributed by atoms with Gasteiger partial charge in [-0.3, -0.25) is 14.1 Å². The van der Waals surface area contributed by atoms with E-state index in [2.05, 4.69) is 10.3 Å². The van der Waals surface area contributed by atoms with Gasteiger partial charge in [0.2, 0.25) is 5.91 Å². The van der Waals surface area contributed by atoms with Crippen LogP contribution in [0, 0.1) is 6.92 Å². The normalized spacial score (nSPS) is 11.1. The Morgan fingerprint density at radius 3 is 2.38 bits per heavy atom. The highest BCUT2D eigenvalue weighted by Crippen LogP contribution is 2.27. The minimum Gasteiger partial charge on any atom is -0.349 e. The molecule has 0 fully saturated rings. The van der Waals surface area contributed by atoms with Crippen LogP contribution in [0.15, 0.2) is 77.8 Å². The Kier molecular flexibility index (Phi) is 6.51. The summed E-state index contributed by atoms with van der Waals surface area (Å²) < 4.78 is 27.7. The van der Waals surface area contributed by atoms with Gasteiger partial charge in [0.1, 0.15) is 6.54 Å². The second-order valence-corrected chi connectivity index (χ2v) is 8.65. The Morgan fingerprint density at radius 1 is 1.03 bits per heavy atom. The predicted molar refractivity (Wildman–Crippen MR) is 113 cm³/mol. The third-order valence-electron chi connectivity index (χ3n) is 4.27. The number of nitrogens with zero attached hydrogens (tertiary/aromatic N) is 2. The van der Waals surface area contributed by atoms with Crippen molar-refractivity contribution in [3.05, 3.63) is 89.2 Å². The number of para-hydroxylation sites is 1. The lowest BCUT2D eigenvalue weighted by Crippen LogP contribution is -2.41. The van der Waals surface area contributed by atoms with Crippen molar-refractivity contribution in [1.82, 2.24) is 10.3 Å². The first kappa shape index (κ1) is 20.8. The van der Waals surface area contributed by atoms with E-state index >= 15 is 0 Å². The molecule has 0 aliphatic rings. The predicted octanol–water partition coefficient (Wildman–Crippen LogP) is 3.56. The van der Waals surface area contributed by atoms with Crippen LogP contribution >= 0.6 is 11.6 Å². The van der Waals surface area contributed by atoms with Crippen molar-refractivity contribution in [2.45, 2.75) is 18.4 Å². The van der Waals surface area contributed by atoms with Gasteiger partial charge in [0.15, 0.2) is 0 Å². The summed E-state index contributed by atoms with van der Waals surface area (Å²) in [6.45, 7) is 1.65. The fraction of sp³-hybridized carbons (Fsp3) is 0.143. The third-order valence-corrected chi connectivity index (χ3v) is 6.29. The van der Waals surface area contributed by atoms with Crippen LogP contribution in [-0.2, 0) is 21.4 Å². The molecule has 1 heterocycles. The van der Waals surface area contributed by atoms with E-state index in [0.29, 0.717) is 16.4 Å². The zero-order valence-corrected chi connectivity index (χ0v) is 17.3. The zero-order valence-electron chi connectivity index (χ0n) is 15.7. The molecule has 0 aliphatic heterocycles. The molecule has 0 atom stereocenters. The Hall–Kier alpha value is -2.90. The van der Waals surface area contributed by atoms with Crippen molar-refractivity contribution < 1.29 is 13.2 Å². The van der Waals surface area contributed by atoms with Gasteiger partial charge in [0.05, 0.1) is 22.8 Å². The number of sulfonamides is 1. The third kappa shape index (κ3) is 5.13. The Morgan fingerprint density at radius 2 is 1.72 bits per heavy atom. The van der Waals surface area contributed by atoms with Crippen LogP contribution < -0.4 is 9.62 Å². The van der Waals surface area contributed by atoms with Crippen LogP contribution in [0.25, 0.3) is 0 Å². The first-order chi connectivity index (χ1) is 13.9. The highest BCUT2D eigenvalue weighted by Gasteiger charge is 2.28. The summed E-state index contributed by atoms with van der Waals surface area (Å²) in [7, 11) is -3.97. The van der Waals surface area contributed by atoms with Crippen molar-refractivity contribution in [3.63, 3.8) is 0 Å². The van der Waals surface area contributed by atoms with Crippen LogP contribution in [-0.4, -0.2) is 25.9 Å². The van der Waals surface area contributed by atoms with E-state index in [1.54, 1.807) is 43.5 Å². The van der Waals surface area contributed by atoms with Gasteiger partial charge in [-0.15, -0.1) is 0 Å². The molecule has 1 N–H and O–H groups in total. The van der Waals surface area contributed by atoms with E-state index in [1.165, 1.54) is 24.3 Å². The van der Waals surface area contributed by atoms with Gasteiger partial charge in [-0.05, 0) is 55.0 Å². The minimum atomic E-state index is -3.97. The van der Waals surface area contributed by atoms with Gasteiger partial charge in [0, 0.05) is 11.2 Å². The molecule has 6 nitrogen and oxygen atoms in total. The van der Waals surface area contributed by atoms with E-state index in [0.717, 1.165) is 9.87 Å². The maximum absolute atomic E-state index is 13.3. The lowest BCUT2D eigenvalue weighted by atomic mass is 10.2. The minimum absolute atomic E-state index is 0.0580. The number of hydrogen-bond acceptors (Lipinski definition) is 4. The topological polar surface area (TPSA) is 79.4 Å². The van der Waals surface area contributed by atoms with Crippen LogP contribution in [0.2, 0.25) is 5.02 Å². The van der Waals surface area contributed by atoms with Crippen LogP contribution in [0.3, 0.4) is 0 Å². The molecule has 8 heteroatoms. The number of amides is 1. The fourth-order valence-electron chi connectivity index (χ4n) is 2.75. The van der Waals surface area contributed by atoms with Crippen molar-refractivity contribution >= 4 is 33.2 Å². The van der Waals surface area contributed by atoms with Gasteiger partial charge >= 0.3 is 0 Å². The molecular formula is C21H20ClN3O3S. The summed E-state index contributed by atoms with van der Waals surface area (Å²) in [5, 5.41) is 3.15. The van der Waals surface area contributed by atoms with E-state index < -0.39 is 15.9 Å². The van der Waals surface area contributed by atoms with Gasteiger partial charge in [-0.2, -0.15) is 0 Å². The van der Waals surface area contributed by atoms with E-state index in [1.807, 2.05) is 12.1 Å². The smallest absolute Gasteiger partial charge is 0.264 e. The first-order valence-corrected chi connectivity index (χ1v) is 10.7. The summed E-state index contributed by atoms with van der Waals surface area (Å²) in [4.78, 5) is 16.8. The lowest BCUT2D eigenvalue weighted by molar-refractivity contribution is -0.119. The molecule has 0 saturated carbocycles. The molecule has 0 saturated heterocycles. The molecule has 1 aromatic heterocycles. The zero-order chi connectivity index (χ0) is 20.9. The number of rotatable bonds is 7. The largest absolute Gasteiger partial charge is 0.349 e. The number of benzene rings is 2. The Labute approximate surface area is 175 Å². The number of hydrogen-bond donors (Lipinski definition) is 1. The quantitative estimate of drug-likeness (QED) is 0.622. The average Bonchev–Trinajstić information content (AvgIpc) is 2.72. The molecular weight excluding hydrogens is 410 g/mol. The van der Waals surface area contributed by atoms with E-state index in [4.69, 9.17) is 11.6 Å². The number of halogens is 1. The summed E-state index contributed by atoms with van der Waals surface area (Å²) in [5.41, 5.74) is 1.86. The highest BCUT2D eigenvalue weighted by molar-refractivity contribution is 7.92. The molecule has 0 aliphatic carbocycles. The molecule has 3 rings (SSSR count). The van der Waals surface area contributed by atoms with Crippen LogP contribution in [0.5, 0.6) is 0 Å². The monoisotopic (exact) mass is 429 g/mol. The molecule has 0 radical (unpaired) electrons.